The van der Waals surface area contributed by atoms with Crippen LogP contribution in [0.25, 0.3) is 11.3 Å². The Morgan fingerprint density at radius 1 is 1.17 bits per heavy atom. The topological polar surface area (TPSA) is 73.2 Å². The summed E-state index contributed by atoms with van der Waals surface area (Å²) in [5.41, 5.74) is 1.29. The molecule has 3 rings (SSSR count). The maximum atomic E-state index is 12.3. The van der Waals surface area contributed by atoms with Gasteiger partial charge in [-0.15, -0.1) is 0 Å². The van der Waals surface area contributed by atoms with Crippen molar-refractivity contribution in [1.82, 2.24) is 14.9 Å². The molecule has 0 bridgehead atoms. The molecule has 1 heterocycles. The van der Waals surface area contributed by atoms with Gasteiger partial charge in [0.1, 0.15) is 5.75 Å². The number of aromatic nitrogens is 2. The van der Waals surface area contributed by atoms with Gasteiger partial charge in [-0.25, -0.2) is 4.98 Å². The Labute approximate surface area is 178 Å². The molecule has 1 N–H and O–H groups in total. The Kier molecular flexibility index (Phi) is 6.90. The maximum Gasteiger partial charge on any atom is 0.260 e. The van der Waals surface area contributed by atoms with Crippen LogP contribution in [-0.4, -0.2) is 28.1 Å². The average Bonchev–Trinajstić information content (AvgIpc) is 2.71. The van der Waals surface area contributed by atoms with Crippen molar-refractivity contribution in [3.05, 3.63) is 81.3 Å². The van der Waals surface area contributed by atoms with Crippen LogP contribution in [0.5, 0.6) is 5.75 Å². The number of nitrogens with one attached hydrogen (secondary N) is 1. The fourth-order valence-corrected chi connectivity index (χ4v) is 3.07. The summed E-state index contributed by atoms with van der Waals surface area (Å²) in [5.74, 6) is 0.0496. The van der Waals surface area contributed by atoms with Gasteiger partial charge in [-0.1, -0.05) is 53.5 Å². The van der Waals surface area contributed by atoms with E-state index in [1.54, 1.807) is 25.1 Å². The number of carbonyl (C=O) groups is 1. The molecule has 2 aromatic carbocycles. The fourth-order valence-electron chi connectivity index (χ4n) is 2.62. The third-order valence-electron chi connectivity index (χ3n) is 4.17. The summed E-state index contributed by atoms with van der Waals surface area (Å²) in [6, 6.07) is 15.7. The van der Waals surface area contributed by atoms with Gasteiger partial charge >= 0.3 is 0 Å². The number of hydrogen-bond donors (Lipinski definition) is 1. The number of carbonyl (C=O) groups excluding carboxylic acids is 1. The van der Waals surface area contributed by atoms with Gasteiger partial charge in [0.15, 0.2) is 6.10 Å². The van der Waals surface area contributed by atoms with Crippen LogP contribution in [0.4, 0.5) is 0 Å². The summed E-state index contributed by atoms with van der Waals surface area (Å²) < 4.78 is 7.01. The first kappa shape index (κ1) is 20.9. The second kappa shape index (κ2) is 9.58. The summed E-state index contributed by atoms with van der Waals surface area (Å²) in [4.78, 5) is 28.8. The van der Waals surface area contributed by atoms with E-state index in [1.807, 2.05) is 30.3 Å². The molecule has 29 heavy (non-hydrogen) atoms. The number of rotatable bonds is 7. The minimum Gasteiger partial charge on any atom is -0.479 e. The summed E-state index contributed by atoms with van der Waals surface area (Å²) >= 11 is 11.9. The first-order chi connectivity index (χ1) is 13.9. The highest BCUT2D eigenvalue weighted by Gasteiger charge is 2.16. The van der Waals surface area contributed by atoms with E-state index < -0.39 is 6.10 Å². The number of nitrogens with zero attached hydrogens (tertiary/aromatic N) is 2. The van der Waals surface area contributed by atoms with Gasteiger partial charge in [0.2, 0.25) is 0 Å². The van der Waals surface area contributed by atoms with E-state index >= 15 is 0 Å². The minimum absolute atomic E-state index is 0.189. The van der Waals surface area contributed by atoms with E-state index in [-0.39, 0.29) is 18.0 Å². The van der Waals surface area contributed by atoms with Crippen LogP contribution in [0.1, 0.15) is 6.92 Å². The largest absolute Gasteiger partial charge is 0.479 e. The molecule has 150 valence electrons. The molecule has 6 nitrogen and oxygen atoms in total. The van der Waals surface area contributed by atoms with E-state index in [1.165, 1.54) is 17.0 Å². The molecular formula is C21H19Cl2N3O3. The Bertz CT molecular complexity index is 1050. The third-order valence-corrected chi connectivity index (χ3v) is 4.70. The molecule has 0 saturated heterocycles. The lowest BCUT2D eigenvalue weighted by atomic mass is 10.1. The second-order valence-corrected chi connectivity index (χ2v) is 7.14. The predicted octanol–water partition coefficient (Wildman–Crippen LogP) is 3.80. The normalized spacial score (nSPS) is 11.7. The Morgan fingerprint density at radius 2 is 1.93 bits per heavy atom. The summed E-state index contributed by atoms with van der Waals surface area (Å²) in [6.45, 7) is 2.16. The molecule has 1 aromatic heterocycles. The van der Waals surface area contributed by atoms with E-state index in [4.69, 9.17) is 27.9 Å². The van der Waals surface area contributed by atoms with Gasteiger partial charge in [0.25, 0.3) is 11.5 Å². The summed E-state index contributed by atoms with van der Waals surface area (Å²) in [5, 5.41) is 3.55. The molecule has 0 fully saturated rings. The average molecular weight is 432 g/mol. The van der Waals surface area contributed by atoms with Crippen LogP contribution in [0.3, 0.4) is 0 Å². The number of amides is 1. The highest BCUT2D eigenvalue weighted by molar-refractivity contribution is 6.35. The van der Waals surface area contributed by atoms with Crippen molar-refractivity contribution < 1.29 is 9.53 Å². The van der Waals surface area contributed by atoms with Crippen molar-refractivity contribution in [3.8, 4) is 17.0 Å². The van der Waals surface area contributed by atoms with E-state index in [2.05, 4.69) is 10.3 Å². The highest BCUT2D eigenvalue weighted by Crippen LogP contribution is 2.28. The van der Waals surface area contributed by atoms with Crippen molar-refractivity contribution >= 4 is 29.1 Å². The molecular weight excluding hydrogens is 413 g/mol. The standard InChI is InChI=1S/C21H19Cl2N3O3/c1-14(29-19-8-7-16(22)11-17(19)23)21(28)24-9-10-26-13-25-18(12-20(26)27)15-5-3-2-4-6-15/h2-8,11-14H,9-10H2,1H3,(H,24,28). The van der Waals surface area contributed by atoms with Crippen LogP contribution in [0.15, 0.2) is 65.7 Å². The smallest absolute Gasteiger partial charge is 0.260 e. The zero-order valence-corrected chi connectivity index (χ0v) is 17.2. The monoisotopic (exact) mass is 431 g/mol. The Balaban J connectivity index is 1.54. The van der Waals surface area contributed by atoms with Gasteiger partial charge < -0.3 is 10.1 Å². The first-order valence-electron chi connectivity index (χ1n) is 8.95. The van der Waals surface area contributed by atoms with Crippen LogP contribution >= 0.6 is 23.2 Å². The highest BCUT2D eigenvalue weighted by atomic mass is 35.5. The van der Waals surface area contributed by atoms with Gasteiger partial charge in [0.05, 0.1) is 17.0 Å². The molecule has 8 heteroatoms. The zero-order chi connectivity index (χ0) is 20.8. The zero-order valence-electron chi connectivity index (χ0n) is 15.6. The maximum absolute atomic E-state index is 12.3. The fraction of sp³-hybridized carbons (Fsp3) is 0.190. The first-order valence-corrected chi connectivity index (χ1v) is 9.71. The molecule has 0 saturated carbocycles. The molecule has 1 unspecified atom stereocenters. The van der Waals surface area contributed by atoms with E-state index in [9.17, 15) is 9.59 Å². The molecule has 1 atom stereocenters. The van der Waals surface area contributed by atoms with Crippen LogP contribution in [0, 0.1) is 0 Å². The molecule has 3 aromatic rings. The van der Waals surface area contributed by atoms with Crippen molar-refractivity contribution in [1.29, 1.82) is 0 Å². The SMILES string of the molecule is CC(Oc1ccc(Cl)cc1Cl)C(=O)NCCn1cnc(-c2ccccc2)cc1=O. The molecule has 0 spiro atoms. The molecule has 0 aliphatic carbocycles. The third kappa shape index (κ3) is 5.59. The molecule has 0 aliphatic rings. The molecule has 1 amide bonds. The van der Waals surface area contributed by atoms with Gasteiger partial charge in [-0.05, 0) is 25.1 Å². The number of ether oxygens (including phenoxy) is 1. The quantitative estimate of drug-likeness (QED) is 0.617. The molecule has 0 radical (unpaired) electrons. The van der Waals surface area contributed by atoms with Gasteiger partial charge in [0, 0.05) is 29.7 Å². The summed E-state index contributed by atoms with van der Waals surface area (Å²) in [7, 11) is 0. The van der Waals surface area contributed by atoms with Gasteiger partial charge in [-0.3, -0.25) is 14.2 Å². The number of hydrogen-bond acceptors (Lipinski definition) is 4. The Morgan fingerprint density at radius 3 is 2.62 bits per heavy atom. The number of halogens is 2. The van der Waals surface area contributed by atoms with Crippen molar-refractivity contribution in [3.63, 3.8) is 0 Å². The van der Waals surface area contributed by atoms with Crippen molar-refractivity contribution in [2.45, 2.75) is 19.6 Å². The van der Waals surface area contributed by atoms with E-state index in [0.29, 0.717) is 28.0 Å². The van der Waals surface area contributed by atoms with Gasteiger partial charge in [-0.2, -0.15) is 0 Å². The van der Waals surface area contributed by atoms with E-state index in [0.717, 1.165) is 5.56 Å². The minimum atomic E-state index is -0.760. The van der Waals surface area contributed by atoms with Crippen LogP contribution in [-0.2, 0) is 11.3 Å². The second-order valence-electron chi connectivity index (χ2n) is 6.30. The number of benzene rings is 2. The lowest BCUT2D eigenvalue weighted by Gasteiger charge is -2.16. The lowest BCUT2D eigenvalue weighted by molar-refractivity contribution is -0.127. The Hall–Kier alpha value is -2.83. The van der Waals surface area contributed by atoms with Crippen LogP contribution < -0.4 is 15.6 Å². The van der Waals surface area contributed by atoms with Crippen molar-refractivity contribution in [2.75, 3.05) is 6.54 Å². The lowest BCUT2D eigenvalue weighted by Crippen LogP contribution is -2.38. The predicted molar refractivity (Wildman–Crippen MR) is 113 cm³/mol. The summed E-state index contributed by atoms with van der Waals surface area (Å²) in [6.07, 6.45) is 0.716. The molecule has 0 aliphatic heterocycles. The van der Waals surface area contributed by atoms with Crippen LogP contribution in [0.2, 0.25) is 10.0 Å². The van der Waals surface area contributed by atoms with Crippen molar-refractivity contribution in [2.24, 2.45) is 0 Å².